The van der Waals surface area contributed by atoms with Gasteiger partial charge >= 0.3 is 0 Å². The maximum absolute atomic E-state index is 13.2. The standard InChI is InChI=1S/C28H39NO5/c1-21(30)27(2)20-29(26(31)19-33-18-22-9-5-4-6-10-22)17-25(27)28(34-24-11-7-8-12-24)15-13-23(32-3)14-16-28/h4-6,9-10,13-15,21,24-25,30H,7-8,11-12,16-20H2,1-3H3/t21-,25-,27+,28?/m1/s1. The normalized spacial score (nSPS) is 30.4. The zero-order valence-corrected chi connectivity index (χ0v) is 20.7. The molecule has 0 bridgehead atoms. The number of ether oxygens (including phenoxy) is 3. The predicted molar refractivity (Wildman–Crippen MR) is 131 cm³/mol. The van der Waals surface area contributed by atoms with Gasteiger partial charge in [-0.05, 0) is 43.6 Å². The number of allylic oxidation sites excluding steroid dienone is 1. The highest BCUT2D eigenvalue weighted by Gasteiger charge is 2.57. The van der Waals surface area contributed by atoms with Crippen LogP contribution in [0, 0.1) is 11.3 Å². The Hall–Kier alpha value is -2.15. The van der Waals surface area contributed by atoms with Gasteiger partial charge in [0.15, 0.2) is 0 Å². The fourth-order valence-electron chi connectivity index (χ4n) is 5.78. The molecule has 4 rings (SSSR count). The van der Waals surface area contributed by atoms with Crippen molar-refractivity contribution in [3.05, 3.63) is 59.9 Å². The first-order chi connectivity index (χ1) is 16.4. The third kappa shape index (κ3) is 5.24. The molecule has 34 heavy (non-hydrogen) atoms. The lowest BCUT2D eigenvalue weighted by Gasteiger charge is -2.46. The topological polar surface area (TPSA) is 68.2 Å². The van der Waals surface area contributed by atoms with E-state index >= 15 is 0 Å². The van der Waals surface area contributed by atoms with Crippen molar-refractivity contribution < 1.29 is 24.1 Å². The van der Waals surface area contributed by atoms with E-state index in [1.54, 1.807) is 7.11 Å². The Morgan fingerprint density at radius 1 is 1.24 bits per heavy atom. The number of methoxy groups -OCH3 is 1. The van der Waals surface area contributed by atoms with E-state index in [1.165, 1.54) is 12.8 Å². The van der Waals surface area contributed by atoms with Crippen LogP contribution >= 0.6 is 0 Å². The Morgan fingerprint density at radius 3 is 2.59 bits per heavy atom. The summed E-state index contributed by atoms with van der Waals surface area (Å²) in [6, 6.07) is 9.86. The van der Waals surface area contributed by atoms with Crippen LogP contribution in [-0.2, 0) is 25.6 Å². The van der Waals surface area contributed by atoms with Gasteiger partial charge in [0, 0.05) is 30.8 Å². The molecule has 1 amide bonds. The van der Waals surface area contributed by atoms with Gasteiger partial charge in [0.05, 0.1) is 31.5 Å². The molecule has 0 radical (unpaired) electrons. The molecular formula is C28H39NO5. The maximum atomic E-state index is 13.2. The van der Waals surface area contributed by atoms with Crippen molar-refractivity contribution in [3.63, 3.8) is 0 Å². The lowest BCUT2D eigenvalue weighted by Crippen LogP contribution is -2.52. The van der Waals surface area contributed by atoms with E-state index in [0.717, 1.165) is 24.2 Å². The van der Waals surface area contributed by atoms with Crippen molar-refractivity contribution >= 4 is 5.91 Å². The van der Waals surface area contributed by atoms with E-state index in [-0.39, 0.29) is 24.5 Å². The molecule has 4 atom stereocenters. The number of amides is 1. The summed E-state index contributed by atoms with van der Waals surface area (Å²) in [5, 5.41) is 10.9. The van der Waals surface area contributed by atoms with Gasteiger partial charge in [-0.25, -0.2) is 0 Å². The Kier molecular flexibility index (Phi) is 7.80. The number of rotatable bonds is 9. The van der Waals surface area contributed by atoms with E-state index in [4.69, 9.17) is 14.2 Å². The van der Waals surface area contributed by atoms with Crippen LogP contribution in [0.3, 0.4) is 0 Å². The molecule has 1 heterocycles. The summed E-state index contributed by atoms with van der Waals surface area (Å²) in [5.41, 5.74) is -0.0421. The van der Waals surface area contributed by atoms with Crippen LogP contribution in [0.1, 0.15) is 51.5 Å². The minimum Gasteiger partial charge on any atom is -0.497 e. The number of likely N-dealkylation sites (tertiary alicyclic amines) is 1. The van der Waals surface area contributed by atoms with E-state index in [0.29, 0.717) is 26.1 Å². The first-order valence-electron chi connectivity index (χ1n) is 12.5. The number of aliphatic hydroxyl groups is 1. The van der Waals surface area contributed by atoms with Crippen molar-refractivity contribution in [1.29, 1.82) is 0 Å². The van der Waals surface area contributed by atoms with Crippen LogP contribution in [0.25, 0.3) is 0 Å². The van der Waals surface area contributed by atoms with Crippen LogP contribution in [0.2, 0.25) is 0 Å². The van der Waals surface area contributed by atoms with Gasteiger partial charge in [0.2, 0.25) is 5.91 Å². The van der Waals surface area contributed by atoms with E-state index < -0.39 is 17.1 Å². The first kappa shape index (κ1) is 25.0. The molecule has 1 aliphatic heterocycles. The lowest BCUT2D eigenvalue weighted by atomic mass is 9.65. The van der Waals surface area contributed by atoms with Crippen molar-refractivity contribution in [2.24, 2.45) is 11.3 Å². The minimum atomic E-state index is -0.592. The third-order valence-electron chi connectivity index (χ3n) is 8.04. The Bertz CT molecular complexity index is 891. The number of hydrogen-bond acceptors (Lipinski definition) is 5. The second kappa shape index (κ2) is 10.6. The Morgan fingerprint density at radius 2 is 1.97 bits per heavy atom. The molecule has 6 heteroatoms. The van der Waals surface area contributed by atoms with Crippen LogP contribution in [0.4, 0.5) is 0 Å². The zero-order valence-electron chi connectivity index (χ0n) is 20.7. The molecule has 1 N–H and O–H groups in total. The smallest absolute Gasteiger partial charge is 0.248 e. The minimum absolute atomic E-state index is 0.0253. The van der Waals surface area contributed by atoms with E-state index in [9.17, 15) is 9.90 Å². The van der Waals surface area contributed by atoms with Gasteiger partial charge in [-0.3, -0.25) is 4.79 Å². The Balaban J connectivity index is 1.51. The maximum Gasteiger partial charge on any atom is 0.248 e. The van der Waals surface area contributed by atoms with Gasteiger partial charge in [-0.1, -0.05) is 50.1 Å². The highest BCUT2D eigenvalue weighted by molar-refractivity contribution is 5.78. The second-order valence-corrected chi connectivity index (χ2v) is 10.3. The molecule has 1 unspecified atom stereocenters. The number of hydrogen-bond donors (Lipinski definition) is 1. The third-order valence-corrected chi connectivity index (χ3v) is 8.04. The van der Waals surface area contributed by atoms with E-state index in [2.05, 4.69) is 19.1 Å². The highest BCUT2D eigenvalue weighted by Crippen LogP contribution is 2.50. The van der Waals surface area contributed by atoms with Crippen LogP contribution < -0.4 is 0 Å². The summed E-state index contributed by atoms with van der Waals surface area (Å²) in [5.74, 6) is 0.725. The van der Waals surface area contributed by atoms with Gasteiger partial charge in [0.25, 0.3) is 0 Å². The van der Waals surface area contributed by atoms with Crippen LogP contribution in [0.5, 0.6) is 0 Å². The molecule has 3 aliphatic rings. The molecule has 2 aliphatic carbocycles. The molecular weight excluding hydrogens is 430 g/mol. The molecule has 186 valence electrons. The second-order valence-electron chi connectivity index (χ2n) is 10.3. The summed E-state index contributed by atoms with van der Waals surface area (Å²) in [6.45, 7) is 5.36. The molecule has 2 fully saturated rings. The molecule has 0 spiro atoms. The average molecular weight is 470 g/mol. The van der Waals surface area contributed by atoms with Crippen molar-refractivity contribution in [3.8, 4) is 0 Å². The highest BCUT2D eigenvalue weighted by atomic mass is 16.5. The zero-order chi connectivity index (χ0) is 24.2. The summed E-state index contributed by atoms with van der Waals surface area (Å²) < 4.78 is 18.0. The van der Waals surface area contributed by atoms with Gasteiger partial charge < -0.3 is 24.2 Å². The first-order valence-corrected chi connectivity index (χ1v) is 12.5. The molecule has 1 aromatic rings. The number of aliphatic hydroxyl groups excluding tert-OH is 1. The molecule has 0 aromatic heterocycles. The molecule has 1 saturated carbocycles. The van der Waals surface area contributed by atoms with Gasteiger partial charge in [-0.2, -0.15) is 0 Å². The quantitative estimate of drug-likeness (QED) is 0.586. The summed E-state index contributed by atoms with van der Waals surface area (Å²) in [4.78, 5) is 15.0. The summed E-state index contributed by atoms with van der Waals surface area (Å²) in [7, 11) is 1.67. The van der Waals surface area contributed by atoms with Crippen molar-refractivity contribution in [2.45, 2.75) is 70.4 Å². The number of carbonyl (C=O) groups is 1. The average Bonchev–Trinajstić information content (AvgIpc) is 3.48. The van der Waals surface area contributed by atoms with Gasteiger partial charge in [-0.15, -0.1) is 0 Å². The fraction of sp³-hybridized carbons (Fsp3) is 0.607. The lowest BCUT2D eigenvalue weighted by molar-refractivity contribution is -0.136. The van der Waals surface area contributed by atoms with Crippen LogP contribution in [-0.4, -0.2) is 60.5 Å². The predicted octanol–water partition coefficient (Wildman–Crippen LogP) is 4.24. The molecule has 6 nitrogen and oxygen atoms in total. The summed E-state index contributed by atoms with van der Waals surface area (Å²) >= 11 is 0. The number of benzene rings is 1. The molecule has 1 aromatic carbocycles. The number of nitrogens with zero attached hydrogens (tertiary/aromatic N) is 1. The van der Waals surface area contributed by atoms with E-state index in [1.807, 2.05) is 48.2 Å². The summed E-state index contributed by atoms with van der Waals surface area (Å²) in [6.07, 6.45) is 11.0. The largest absolute Gasteiger partial charge is 0.497 e. The monoisotopic (exact) mass is 469 g/mol. The fourth-order valence-corrected chi connectivity index (χ4v) is 5.78. The van der Waals surface area contributed by atoms with Crippen molar-refractivity contribution in [1.82, 2.24) is 4.90 Å². The Labute approximate surface area is 203 Å². The van der Waals surface area contributed by atoms with Crippen molar-refractivity contribution in [2.75, 3.05) is 26.8 Å². The van der Waals surface area contributed by atoms with Crippen LogP contribution in [0.15, 0.2) is 54.3 Å². The molecule has 1 saturated heterocycles. The SMILES string of the molecule is COC1=CCC(OC2CCCC2)([C@@H]2CN(C(=O)COCc3ccccc3)C[C@@]2(C)[C@@H](C)O)C=C1. The number of carbonyl (C=O) groups excluding carboxylic acids is 1. The van der Waals surface area contributed by atoms with Gasteiger partial charge in [0.1, 0.15) is 12.4 Å².